The minimum Gasteiger partial charge on any atom is -0.438 e. The van der Waals surface area contributed by atoms with E-state index in [0.717, 1.165) is 16.9 Å². The molecule has 0 aliphatic heterocycles. The summed E-state index contributed by atoms with van der Waals surface area (Å²) in [6.45, 7) is 12.3. The van der Waals surface area contributed by atoms with Crippen molar-refractivity contribution in [1.29, 1.82) is 0 Å². The van der Waals surface area contributed by atoms with Crippen LogP contribution in [0.5, 0.6) is 11.6 Å². The summed E-state index contributed by atoms with van der Waals surface area (Å²) in [5.41, 5.74) is 9.09. The number of rotatable bonds is 2. The zero-order chi connectivity index (χ0) is 15.8. The van der Waals surface area contributed by atoms with Crippen LogP contribution >= 0.6 is 0 Å². The van der Waals surface area contributed by atoms with Gasteiger partial charge < -0.3 is 10.5 Å². The number of nitrogen functional groups attached to an aromatic ring is 1. The maximum absolute atomic E-state index is 6.01. The Balaban J connectivity index is 2.46. The highest BCUT2D eigenvalue weighted by Crippen LogP contribution is 2.31. The maximum Gasteiger partial charge on any atom is 0.224 e. The number of aromatic nitrogens is 2. The van der Waals surface area contributed by atoms with Gasteiger partial charge in [0, 0.05) is 11.5 Å². The predicted octanol–water partition coefficient (Wildman–Crippen LogP) is 4.07. The first kappa shape index (κ1) is 15.3. The van der Waals surface area contributed by atoms with Crippen LogP contribution in [0.15, 0.2) is 18.2 Å². The Bertz CT molecular complexity index is 672. The summed E-state index contributed by atoms with van der Waals surface area (Å²) in [4.78, 5) is 8.79. The quantitative estimate of drug-likeness (QED) is 0.903. The Hall–Kier alpha value is -2.10. The highest BCUT2D eigenvalue weighted by atomic mass is 16.5. The molecule has 0 spiro atoms. The molecule has 0 fully saturated rings. The average molecular weight is 285 g/mol. The molecule has 0 aliphatic rings. The van der Waals surface area contributed by atoms with E-state index in [1.807, 2.05) is 19.9 Å². The third kappa shape index (κ3) is 3.32. The molecule has 0 unspecified atom stereocenters. The van der Waals surface area contributed by atoms with Gasteiger partial charge in [0.25, 0.3) is 0 Å². The summed E-state index contributed by atoms with van der Waals surface area (Å²) >= 11 is 0. The normalized spacial score (nSPS) is 11.5. The summed E-state index contributed by atoms with van der Waals surface area (Å²) in [6, 6.07) is 5.80. The molecule has 2 N–H and O–H groups in total. The summed E-state index contributed by atoms with van der Waals surface area (Å²) in [6.07, 6.45) is 0. The van der Waals surface area contributed by atoms with Gasteiger partial charge in [-0.1, -0.05) is 32.9 Å². The van der Waals surface area contributed by atoms with E-state index in [1.54, 1.807) is 6.07 Å². The second kappa shape index (κ2) is 5.35. The van der Waals surface area contributed by atoms with Gasteiger partial charge in [0.05, 0.1) is 0 Å². The van der Waals surface area contributed by atoms with Gasteiger partial charge >= 0.3 is 0 Å². The molecule has 1 heterocycles. The van der Waals surface area contributed by atoms with Crippen molar-refractivity contribution in [1.82, 2.24) is 9.97 Å². The van der Waals surface area contributed by atoms with E-state index >= 15 is 0 Å². The lowest BCUT2D eigenvalue weighted by Gasteiger charge is -2.18. The van der Waals surface area contributed by atoms with Gasteiger partial charge in [0.1, 0.15) is 17.4 Å². The van der Waals surface area contributed by atoms with Gasteiger partial charge in [0.15, 0.2) is 0 Å². The van der Waals surface area contributed by atoms with Crippen LogP contribution in [0.25, 0.3) is 0 Å². The van der Waals surface area contributed by atoms with Gasteiger partial charge in [-0.3, -0.25) is 0 Å². The fraction of sp³-hybridized carbons (Fsp3) is 0.412. The van der Waals surface area contributed by atoms with Crippen LogP contribution in [-0.4, -0.2) is 9.97 Å². The Morgan fingerprint density at radius 3 is 2.24 bits per heavy atom. The number of aryl methyl sites for hydroxylation is 2. The fourth-order valence-electron chi connectivity index (χ4n) is 2.02. The average Bonchev–Trinajstić information content (AvgIpc) is 2.38. The van der Waals surface area contributed by atoms with Gasteiger partial charge in [-0.25, -0.2) is 4.98 Å². The van der Waals surface area contributed by atoms with E-state index in [1.165, 1.54) is 5.56 Å². The van der Waals surface area contributed by atoms with Crippen molar-refractivity contribution in [3.8, 4) is 11.6 Å². The maximum atomic E-state index is 6.01. The third-order valence-corrected chi connectivity index (χ3v) is 3.47. The van der Waals surface area contributed by atoms with Crippen molar-refractivity contribution in [3.63, 3.8) is 0 Å². The molecule has 0 radical (unpaired) electrons. The first-order valence-electron chi connectivity index (χ1n) is 7.08. The van der Waals surface area contributed by atoms with Crippen LogP contribution in [0.1, 0.15) is 43.3 Å². The minimum atomic E-state index is -0.176. The number of hydrogen-bond donors (Lipinski definition) is 1. The second-order valence-electron chi connectivity index (χ2n) is 6.46. The van der Waals surface area contributed by atoms with E-state index in [9.17, 15) is 0 Å². The molecule has 0 saturated heterocycles. The molecule has 1 aromatic carbocycles. The molecule has 0 amide bonds. The van der Waals surface area contributed by atoms with Crippen molar-refractivity contribution in [3.05, 3.63) is 40.7 Å². The Labute approximate surface area is 126 Å². The lowest BCUT2D eigenvalue weighted by Crippen LogP contribution is -2.17. The van der Waals surface area contributed by atoms with E-state index < -0.39 is 0 Å². The largest absolute Gasteiger partial charge is 0.438 e. The minimum absolute atomic E-state index is 0.176. The molecule has 2 aromatic rings. The first-order chi connectivity index (χ1) is 9.68. The van der Waals surface area contributed by atoms with Crippen LogP contribution in [0.2, 0.25) is 0 Å². The number of benzene rings is 1. The molecule has 2 rings (SSSR count). The van der Waals surface area contributed by atoms with Crippen LogP contribution in [0, 0.1) is 20.8 Å². The summed E-state index contributed by atoms with van der Waals surface area (Å²) in [5, 5.41) is 0. The highest BCUT2D eigenvalue weighted by molar-refractivity contribution is 5.47. The fourth-order valence-corrected chi connectivity index (χ4v) is 2.02. The summed E-state index contributed by atoms with van der Waals surface area (Å²) in [5.74, 6) is 2.44. The van der Waals surface area contributed by atoms with Crippen LogP contribution < -0.4 is 10.5 Å². The van der Waals surface area contributed by atoms with Crippen molar-refractivity contribution < 1.29 is 4.74 Å². The molecule has 0 atom stereocenters. The van der Waals surface area contributed by atoms with E-state index in [-0.39, 0.29) is 5.41 Å². The number of hydrogen-bond acceptors (Lipinski definition) is 4. The lowest BCUT2D eigenvalue weighted by atomic mass is 9.96. The van der Waals surface area contributed by atoms with E-state index in [4.69, 9.17) is 10.5 Å². The zero-order valence-electron chi connectivity index (χ0n) is 13.6. The van der Waals surface area contributed by atoms with Gasteiger partial charge in [0.2, 0.25) is 5.88 Å². The SMILES string of the molecule is Cc1ccc(C)c(Oc2cc(N)nc(C(C)(C)C)n2)c1C. The molecule has 0 saturated carbocycles. The van der Waals surface area contributed by atoms with Crippen LogP contribution in [-0.2, 0) is 5.41 Å². The molecule has 0 bridgehead atoms. The molecule has 1 aromatic heterocycles. The van der Waals surface area contributed by atoms with E-state index in [0.29, 0.717) is 17.5 Å². The summed E-state index contributed by atoms with van der Waals surface area (Å²) < 4.78 is 6.01. The number of ether oxygens (including phenoxy) is 1. The second-order valence-corrected chi connectivity index (χ2v) is 6.46. The van der Waals surface area contributed by atoms with Gasteiger partial charge in [-0.05, 0) is 37.5 Å². The molecule has 21 heavy (non-hydrogen) atoms. The van der Waals surface area contributed by atoms with Crippen molar-refractivity contribution in [2.24, 2.45) is 0 Å². The predicted molar refractivity (Wildman–Crippen MR) is 85.9 cm³/mol. The standard InChI is InChI=1S/C17H23N3O/c1-10-7-8-11(2)15(12(10)3)21-14-9-13(18)19-16(20-14)17(4,5)6/h7-9H,1-6H3,(H2,18,19,20). The van der Waals surface area contributed by atoms with Crippen molar-refractivity contribution >= 4 is 5.82 Å². The first-order valence-corrected chi connectivity index (χ1v) is 7.08. The monoisotopic (exact) mass is 285 g/mol. The topological polar surface area (TPSA) is 61.0 Å². The Morgan fingerprint density at radius 2 is 1.62 bits per heavy atom. The zero-order valence-corrected chi connectivity index (χ0v) is 13.6. The van der Waals surface area contributed by atoms with Gasteiger partial charge in [-0.15, -0.1) is 0 Å². The molecule has 0 aliphatic carbocycles. The molecule has 4 heteroatoms. The van der Waals surface area contributed by atoms with Gasteiger partial charge in [-0.2, -0.15) is 4.98 Å². The number of anilines is 1. The van der Waals surface area contributed by atoms with Crippen molar-refractivity contribution in [2.45, 2.75) is 47.0 Å². The highest BCUT2D eigenvalue weighted by Gasteiger charge is 2.19. The molecule has 112 valence electrons. The Morgan fingerprint density at radius 1 is 1.00 bits per heavy atom. The molecular weight excluding hydrogens is 262 g/mol. The smallest absolute Gasteiger partial charge is 0.224 e. The summed E-state index contributed by atoms with van der Waals surface area (Å²) in [7, 11) is 0. The van der Waals surface area contributed by atoms with E-state index in [2.05, 4.69) is 43.7 Å². The number of nitrogens with two attached hydrogens (primary N) is 1. The Kier molecular flexibility index (Phi) is 3.90. The molecule has 4 nitrogen and oxygen atoms in total. The van der Waals surface area contributed by atoms with Crippen LogP contribution in [0.4, 0.5) is 5.82 Å². The van der Waals surface area contributed by atoms with Crippen molar-refractivity contribution in [2.75, 3.05) is 5.73 Å². The van der Waals surface area contributed by atoms with Crippen LogP contribution in [0.3, 0.4) is 0 Å². The number of nitrogens with zero attached hydrogens (tertiary/aromatic N) is 2. The third-order valence-electron chi connectivity index (χ3n) is 3.47. The lowest BCUT2D eigenvalue weighted by molar-refractivity contribution is 0.440. The molecular formula is C17H23N3O.